The highest BCUT2D eigenvalue weighted by Gasteiger charge is 2.27. The Hall–Kier alpha value is -2.02. The van der Waals surface area contributed by atoms with E-state index in [9.17, 15) is 18.4 Å². The lowest BCUT2D eigenvalue weighted by atomic mass is 10.0. The molecule has 0 aliphatic heterocycles. The van der Waals surface area contributed by atoms with Crippen molar-refractivity contribution in [2.45, 2.75) is 19.9 Å². The molecule has 5 nitrogen and oxygen atoms in total. The predicted octanol–water partition coefficient (Wildman–Crippen LogP) is 1.40. The SMILES string of the molecule is CONC(=O)[C@H](NC(=O)c1c(F)cccc1F)C(C)C. The number of carbonyl (C=O) groups is 2. The first-order valence-corrected chi connectivity index (χ1v) is 5.96. The van der Waals surface area contributed by atoms with E-state index < -0.39 is 35.1 Å². The number of hydrogen-bond donors (Lipinski definition) is 2. The van der Waals surface area contributed by atoms with Gasteiger partial charge in [0.25, 0.3) is 11.8 Å². The first-order chi connectivity index (χ1) is 9.38. The van der Waals surface area contributed by atoms with Crippen LogP contribution in [0, 0.1) is 17.6 Å². The second kappa shape index (κ2) is 6.95. The predicted molar refractivity (Wildman–Crippen MR) is 67.6 cm³/mol. The van der Waals surface area contributed by atoms with Gasteiger partial charge in [-0.1, -0.05) is 19.9 Å². The Bertz CT molecular complexity index is 486. The van der Waals surface area contributed by atoms with Gasteiger partial charge in [0.1, 0.15) is 23.2 Å². The van der Waals surface area contributed by atoms with E-state index in [2.05, 4.69) is 15.6 Å². The van der Waals surface area contributed by atoms with Crippen LogP contribution >= 0.6 is 0 Å². The van der Waals surface area contributed by atoms with Gasteiger partial charge >= 0.3 is 0 Å². The second-order valence-electron chi connectivity index (χ2n) is 4.46. The monoisotopic (exact) mass is 286 g/mol. The van der Waals surface area contributed by atoms with Gasteiger partial charge < -0.3 is 5.32 Å². The van der Waals surface area contributed by atoms with Gasteiger partial charge in [-0.05, 0) is 18.1 Å². The van der Waals surface area contributed by atoms with E-state index in [1.807, 2.05) is 0 Å². The molecule has 20 heavy (non-hydrogen) atoms. The lowest BCUT2D eigenvalue weighted by Crippen LogP contribution is -2.49. The zero-order chi connectivity index (χ0) is 15.3. The van der Waals surface area contributed by atoms with Crippen LogP contribution in [0.2, 0.25) is 0 Å². The normalized spacial score (nSPS) is 12.1. The largest absolute Gasteiger partial charge is 0.340 e. The maximum absolute atomic E-state index is 13.5. The van der Waals surface area contributed by atoms with E-state index in [0.717, 1.165) is 18.2 Å². The van der Waals surface area contributed by atoms with E-state index in [0.29, 0.717) is 0 Å². The van der Waals surface area contributed by atoms with E-state index in [4.69, 9.17) is 0 Å². The van der Waals surface area contributed by atoms with Crippen molar-refractivity contribution < 1.29 is 23.2 Å². The molecule has 0 aromatic heterocycles. The average molecular weight is 286 g/mol. The first-order valence-electron chi connectivity index (χ1n) is 5.96. The molecule has 0 radical (unpaired) electrons. The fourth-order valence-corrected chi connectivity index (χ4v) is 1.63. The minimum Gasteiger partial charge on any atom is -0.340 e. The van der Waals surface area contributed by atoms with E-state index in [1.54, 1.807) is 13.8 Å². The molecule has 0 saturated carbocycles. The summed E-state index contributed by atoms with van der Waals surface area (Å²) in [5.74, 6) is -3.86. The molecule has 2 N–H and O–H groups in total. The molecule has 110 valence electrons. The highest BCUT2D eigenvalue weighted by Crippen LogP contribution is 2.13. The molecule has 1 rings (SSSR count). The molecule has 1 aromatic rings. The molecule has 1 aromatic carbocycles. The number of hydroxylamine groups is 1. The lowest BCUT2D eigenvalue weighted by Gasteiger charge is -2.21. The summed E-state index contributed by atoms with van der Waals surface area (Å²) >= 11 is 0. The molecule has 0 spiro atoms. The van der Waals surface area contributed by atoms with E-state index in [1.165, 1.54) is 7.11 Å². The summed E-state index contributed by atoms with van der Waals surface area (Å²) < 4.78 is 27.0. The first kappa shape index (κ1) is 16.0. The molecule has 0 aliphatic carbocycles. The van der Waals surface area contributed by atoms with E-state index >= 15 is 0 Å². The van der Waals surface area contributed by atoms with Gasteiger partial charge in [-0.25, -0.2) is 14.3 Å². The molecule has 2 amide bonds. The van der Waals surface area contributed by atoms with Crippen molar-refractivity contribution in [3.63, 3.8) is 0 Å². The minimum atomic E-state index is -0.995. The summed E-state index contributed by atoms with van der Waals surface area (Å²) in [5, 5.41) is 2.29. The summed E-state index contributed by atoms with van der Waals surface area (Å²) in [7, 11) is 1.24. The number of rotatable bonds is 5. The fraction of sp³-hybridized carbons (Fsp3) is 0.385. The van der Waals surface area contributed by atoms with Gasteiger partial charge in [0.15, 0.2) is 0 Å². The molecule has 0 bridgehead atoms. The molecular weight excluding hydrogens is 270 g/mol. The summed E-state index contributed by atoms with van der Waals surface area (Å²) in [6.45, 7) is 3.36. The Kier molecular flexibility index (Phi) is 5.57. The van der Waals surface area contributed by atoms with Gasteiger partial charge in [-0.2, -0.15) is 0 Å². The van der Waals surface area contributed by atoms with Crippen LogP contribution in [-0.4, -0.2) is 25.0 Å². The molecule has 7 heteroatoms. The number of benzene rings is 1. The van der Waals surface area contributed by atoms with Crippen LogP contribution in [-0.2, 0) is 9.63 Å². The molecule has 0 aliphatic rings. The number of hydrogen-bond acceptors (Lipinski definition) is 3. The number of carbonyl (C=O) groups excluding carboxylic acids is 2. The van der Waals surface area contributed by atoms with Crippen LogP contribution in [0.1, 0.15) is 24.2 Å². The van der Waals surface area contributed by atoms with Crippen LogP contribution in [0.5, 0.6) is 0 Å². The third-order valence-electron chi connectivity index (χ3n) is 2.63. The van der Waals surface area contributed by atoms with Gasteiger partial charge in [0, 0.05) is 0 Å². The Labute approximate surface area is 115 Å². The van der Waals surface area contributed by atoms with Crippen molar-refractivity contribution in [3.8, 4) is 0 Å². The molecule has 1 atom stereocenters. The third kappa shape index (κ3) is 3.74. The second-order valence-corrected chi connectivity index (χ2v) is 4.46. The topological polar surface area (TPSA) is 67.4 Å². The fourth-order valence-electron chi connectivity index (χ4n) is 1.63. The number of nitrogens with one attached hydrogen (secondary N) is 2. The van der Waals surface area contributed by atoms with Crippen LogP contribution in [0.3, 0.4) is 0 Å². The number of halogens is 2. The maximum Gasteiger partial charge on any atom is 0.266 e. The smallest absolute Gasteiger partial charge is 0.266 e. The highest BCUT2D eigenvalue weighted by molar-refractivity contribution is 5.97. The molecule has 0 saturated heterocycles. The molecule has 0 fully saturated rings. The zero-order valence-electron chi connectivity index (χ0n) is 11.4. The summed E-state index contributed by atoms with van der Waals surface area (Å²) in [6, 6.07) is 2.12. The number of amides is 2. The van der Waals surface area contributed by atoms with Gasteiger partial charge in [0.05, 0.1) is 7.11 Å². The quantitative estimate of drug-likeness (QED) is 0.804. The van der Waals surface area contributed by atoms with Gasteiger partial charge in [-0.3, -0.25) is 14.4 Å². The van der Waals surface area contributed by atoms with Crippen LogP contribution in [0.25, 0.3) is 0 Å². The van der Waals surface area contributed by atoms with E-state index in [-0.39, 0.29) is 5.92 Å². The zero-order valence-corrected chi connectivity index (χ0v) is 11.4. The van der Waals surface area contributed by atoms with Crippen LogP contribution in [0.15, 0.2) is 18.2 Å². The highest BCUT2D eigenvalue weighted by atomic mass is 19.1. The van der Waals surface area contributed by atoms with Gasteiger partial charge in [-0.15, -0.1) is 0 Å². The Morgan fingerprint density at radius 1 is 1.20 bits per heavy atom. The van der Waals surface area contributed by atoms with Crippen molar-refractivity contribution in [1.82, 2.24) is 10.8 Å². The maximum atomic E-state index is 13.5. The van der Waals surface area contributed by atoms with Crippen molar-refractivity contribution in [2.24, 2.45) is 5.92 Å². The molecular formula is C13H16F2N2O3. The van der Waals surface area contributed by atoms with Crippen LogP contribution in [0.4, 0.5) is 8.78 Å². The van der Waals surface area contributed by atoms with Crippen molar-refractivity contribution >= 4 is 11.8 Å². The lowest BCUT2D eigenvalue weighted by molar-refractivity contribution is -0.134. The molecule has 0 heterocycles. The van der Waals surface area contributed by atoms with Crippen molar-refractivity contribution in [3.05, 3.63) is 35.4 Å². The average Bonchev–Trinajstić information content (AvgIpc) is 2.35. The Morgan fingerprint density at radius 2 is 1.75 bits per heavy atom. The third-order valence-corrected chi connectivity index (χ3v) is 2.63. The van der Waals surface area contributed by atoms with Crippen molar-refractivity contribution in [1.29, 1.82) is 0 Å². The molecule has 0 unspecified atom stereocenters. The van der Waals surface area contributed by atoms with Crippen LogP contribution < -0.4 is 10.8 Å². The minimum absolute atomic E-state index is 0.288. The van der Waals surface area contributed by atoms with Gasteiger partial charge in [0.2, 0.25) is 0 Å². The van der Waals surface area contributed by atoms with Crippen molar-refractivity contribution in [2.75, 3.05) is 7.11 Å². The summed E-state index contributed by atoms with van der Waals surface area (Å²) in [6.07, 6.45) is 0. The summed E-state index contributed by atoms with van der Waals surface area (Å²) in [5.41, 5.74) is 1.35. The standard InChI is InChI=1S/C13H16F2N2O3/c1-7(2)11(13(19)17-20-3)16-12(18)10-8(14)5-4-6-9(10)15/h4-7,11H,1-3H3,(H,16,18)(H,17,19)/t11-/m1/s1. The summed E-state index contributed by atoms with van der Waals surface area (Å²) in [4.78, 5) is 28.1. The Balaban J connectivity index is 2.94. The Morgan fingerprint density at radius 3 is 2.20 bits per heavy atom.